The molecule has 0 bridgehead atoms. The lowest BCUT2D eigenvalue weighted by molar-refractivity contribution is -0.136. The summed E-state index contributed by atoms with van der Waals surface area (Å²) in [6.45, 7) is 3.28. The van der Waals surface area contributed by atoms with Gasteiger partial charge in [0.05, 0.1) is 25.8 Å². The molecule has 8 heteroatoms. The highest BCUT2D eigenvalue weighted by atomic mass is 35.5. The number of methoxy groups -OCH3 is 2. The van der Waals surface area contributed by atoms with Gasteiger partial charge in [-0.1, -0.05) is 11.6 Å². The average molecular weight is 470 g/mol. The monoisotopic (exact) mass is 469 g/mol. The number of amides is 2. The molecule has 174 valence electrons. The van der Waals surface area contributed by atoms with Crippen LogP contribution < -0.4 is 19.7 Å². The Morgan fingerprint density at radius 3 is 2.76 bits per heavy atom. The number of rotatable bonds is 5. The summed E-state index contributed by atoms with van der Waals surface area (Å²) in [6.07, 6.45) is 2.61. The number of anilines is 2. The molecule has 2 amide bonds. The van der Waals surface area contributed by atoms with Crippen molar-refractivity contribution >= 4 is 34.8 Å². The van der Waals surface area contributed by atoms with Crippen LogP contribution >= 0.6 is 11.6 Å². The maximum atomic E-state index is 14.1. The summed E-state index contributed by atoms with van der Waals surface area (Å²) in [6, 6.07) is 11.0. The molecule has 1 spiro atoms. The van der Waals surface area contributed by atoms with Crippen LogP contribution in [0, 0.1) is 5.92 Å². The highest BCUT2D eigenvalue weighted by Crippen LogP contribution is 2.57. The van der Waals surface area contributed by atoms with E-state index in [0.717, 1.165) is 30.6 Å². The molecule has 3 heterocycles. The summed E-state index contributed by atoms with van der Waals surface area (Å²) in [5, 5.41) is 3.61. The van der Waals surface area contributed by atoms with Gasteiger partial charge >= 0.3 is 0 Å². The van der Waals surface area contributed by atoms with Gasteiger partial charge in [0.1, 0.15) is 17.0 Å². The van der Waals surface area contributed by atoms with E-state index in [9.17, 15) is 9.59 Å². The fourth-order valence-electron chi connectivity index (χ4n) is 6.02. The maximum absolute atomic E-state index is 14.1. The van der Waals surface area contributed by atoms with Gasteiger partial charge in [-0.25, -0.2) is 0 Å². The lowest BCUT2D eigenvalue weighted by Crippen LogP contribution is -2.55. The molecule has 0 aromatic heterocycles. The third-order valence-electron chi connectivity index (χ3n) is 7.37. The molecular weight excluding hydrogens is 442 g/mol. The number of carbonyl (C=O) groups excluding carboxylic acids is 2. The smallest absolute Gasteiger partial charge is 0.253 e. The third kappa shape index (κ3) is 3.13. The van der Waals surface area contributed by atoms with E-state index in [1.54, 1.807) is 37.3 Å². The van der Waals surface area contributed by atoms with Crippen LogP contribution in [-0.4, -0.2) is 50.1 Å². The van der Waals surface area contributed by atoms with E-state index in [1.807, 2.05) is 25.1 Å². The van der Waals surface area contributed by atoms with Crippen molar-refractivity contribution in [2.45, 2.75) is 37.8 Å². The molecule has 0 radical (unpaired) electrons. The van der Waals surface area contributed by atoms with Crippen molar-refractivity contribution in [2.75, 3.05) is 37.5 Å². The predicted octanol–water partition coefficient (Wildman–Crippen LogP) is 4.04. The number of fused-ring (bicyclic) bond motifs is 4. The number of nitrogens with zero attached hydrogens (tertiary/aromatic N) is 2. The van der Waals surface area contributed by atoms with E-state index in [0.29, 0.717) is 35.2 Å². The number of hydrogen-bond acceptors (Lipinski definition) is 5. The van der Waals surface area contributed by atoms with Crippen molar-refractivity contribution in [1.82, 2.24) is 4.90 Å². The van der Waals surface area contributed by atoms with Crippen LogP contribution in [0.25, 0.3) is 0 Å². The van der Waals surface area contributed by atoms with Gasteiger partial charge in [-0.05, 0) is 63.1 Å². The van der Waals surface area contributed by atoms with Gasteiger partial charge in [0.15, 0.2) is 0 Å². The Labute approximate surface area is 198 Å². The second-order valence-corrected chi connectivity index (χ2v) is 9.25. The SMILES string of the molecule is CCN1C(=O)[C@]2(c3cc(Cl)ccc31)[C@@H](C(=O)Nc1cc(OC)ccc1OC)C[C@@H]1CCCN12. The van der Waals surface area contributed by atoms with E-state index < -0.39 is 11.5 Å². The molecule has 33 heavy (non-hydrogen) atoms. The lowest BCUT2D eigenvalue weighted by Gasteiger charge is -2.37. The third-order valence-corrected chi connectivity index (χ3v) is 7.61. The van der Waals surface area contributed by atoms with E-state index in [1.165, 1.54) is 0 Å². The van der Waals surface area contributed by atoms with Crippen molar-refractivity contribution in [3.8, 4) is 11.5 Å². The number of benzene rings is 2. The molecule has 2 fully saturated rings. The fraction of sp³-hybridized carbons (Fsp3) is 0.440. The summed E-state index contributed by atoms with van der Waals surface area (Å²) in [5.41, 5.74) is 1.15. The summed E-state index contributed by atoms with van der Waals surface area (Å²) in [4.78, 5) is 32.0. The Morgan fingerprint density at radius 2 is 2.03 bits per heavy atom. The topological polar surface area (TPSA) is 71.1 Å². The van der Waals surface area contributed by atoms with E-state index in [4.69, 9.17) is 21.1 Å². The molecule has 3 aliphatic heterocycles. The molecule has 3 aliphatic rings. The molecule has 0 unspecified atom stereocenters. The quantitative estimate of drug-likeness (QED) is 0.715. The van der Waals surface area contributed by atoms with Gasteiger partial charge in [-0.15, -0.1) is 0 Å². The summed E-state index contributed by atoms with van der Waals surface area (Å²) in [5.74, 6) is 0.352. The second kappa shape index (κ2) is 8.22. The van der Waals surface area contributed by atoms with Crippen LogP contribution in [0.5, 0.6) is 11.5 Å². The second-order valence-electron chi connectivity index (χ2n) is 8.81. The van der Waals surface area contributed by atoms with Crippen molar-refractivity contribution in [3.63, 3.8) is 0 Å². The average Bonchev–Trinajstić information content (AvgIpc) is 3.46. The number of nitrogens with one attached hydrogen (secondary N) is 1. The zero-order valence-electron chi connectivity index (χ0n) is 19.1. The molecule has 2 aromatic rings. The first-order valence-corrected chi connectivity index (χ1v) is 11.7. The van der Waals surface area contributed by atoms with Crippen LogP contribution in [-0.2, 0) is 15.1 Å². The Bertz CT molecular complexity index is 1120. The van der Waals surface area contributed by atoms with Crippen LogP contribution in [0.1, 0.15) is 31.7 Å². The Morgan fingerprint density at radius 1 is 1.21 bits per heavy atom. The summed E-state index contributed by atoms with van der Waals surface area (Å²) in [7, 11) is 3.13. The van der Waals surface area contributed by atoms with E-state index in [2.05, 4.69) is 10.2 Å². The maximum Gasteiger partial charge on any atom is 0.253 e. The van der Waals surface area contributed by atoms with Crippen LogP contribution in [0.15, 0.2) is 36.4 Å². The summed E-state index contributed by atoms with van der Waals surface area (Å²) >= 11 is 6.42. The molecular formula is C25H28ClN3O4. The van der Waals surface area contributed by atoms with Gasteiger partial charge in [0.25, 0.3) is 5.91 Å². The number of halogens is 1. The van der Waals surface area contributed by atoms with Gasteiger partial charge in [-0.2, -0.15) is 0 Å². The fourth-order valence-corrected chi connectivity index (χ4v) is 6.20. The molecule has 3 atom stereocenters. The van der Waals surface area contributed by atoms with E-state index >= 15 is 0 Å². The Hall–Kier alpha value is -2.77. The number of carbonyl (C=O) groups is 2. The highest BCUT2D eigenvalue weighted by molar-refractivity contribution is 6.31. The van der Waals surface area contributed by atoms with Crippen molar-refractivity contribution in [2.24, 2.45) is 5.92 Å². The lowest BCUT2D eigenvalue weighted by atomic mass is 9.78. The predicted molar refractivity (Wildman–Crippen MR) is 127 cm³/mol. The van der Waals surface area contributed by atoms with Crippen molar-refractivity contribution in [3.05, 3.63) is 47.0 Å². The Kier molecular flexibility index (Phi) is 5.49. The normalized spacial score (nSPS) is 25.9. The Balaban J connectivity index is 1.61. The van der Waals surface area contributed by atoms with E-state index in [-0.39, 0.29) is 17.9 Å². The molecule has 0 saturated carbocycles. The zero-order chi connectivity index (χ0) is 23.3. The molecule has 1 N–H and O–H groups in total. The molecule has 5 rings (SSSR count). The van der Waals surface area contributed by atoms with Crippen molar-refractivity contribution < 1.29 is 19.1 Å². The van der Waals surface area contributed by atoms with Gasteiger partial charge in [-0.3, -0.25) is 14.5 Å². The van der Waals surface area contributed by atoms with Gasteiger partial charge < -0.3 is 19.7 Å². The molecule has 7 nitrogen and oxygen atoms in total. The van der Waals surface area contributed by atoms with Crippen LogP contribution in [0.3, 0.4) is 0 Å². The number of ether oxygens (including phenoxy) is 2. The zero-order valence-corrected chi connectivity index (χ0v) is 19.8. The molecule has 2 aromatic carbocycles. The minimum Gasteiger partial charge on any atom is -0.497 e. The summed E-state index contributed by atoms with van der Waals surface area (Å²) < 4.78 is 10.8. The standard InChI is InChI=1S/C25H28ClN3O4/c1-4-28-21-9-7-15(26)12-18(21)25(24(28)31)19(13-16-6-5-11-29(16)25)23(30)27-20-14-17(32-2)8-10-22(20)33-3/h7-10,12,14,16,19H,4-6,11,13H2,1-3H3,(H,27,30)/t16-,19+,25-/m0/s1. The minimum absolute atomic E-state index is 0.0376. The van der Waals surface area contributed by atoms with Gasteiger partial charge in [0, 0.05) is 34.9 Å². The first-order chi connectivity index (χ1) is 15.9. The molecule has 0 aliphatic carbocycles. The van der Waals surface area contributed by atoms with Crippen LogP contribution in [0.4, 0.5) is 11.4 Å². The number of likely N-dealkylation sites (N-methyl/N-ethyl adjacent to an activating group) is 1. The van der Waals surface area contributed by atoms with Gasteiger partial charge in [0.2, 0.25) is 5.91 Å². The highest BCUT2D eigenvalue weighted by Gasteiger charge is 2.67. The van der Waals surface area contributed by atoms with Crippen LogP contribution in [0.2, 0.25) is 5.02 Å². The number of hydrogen-bond donors (Lipinski definition) is 1. The molecule has 2 saturated heterocycles. The first-order valence-electron chi connectivity index (χ1n) is 11.4. The first kappa shape index (κ1) is 22.0. The minimum atomic E-state index is -1.05. The largest absolute Gasteiger partial charge is 0.497 e. The van der Waals surface area contributed by atoms with Crippen molar-refractivity contribution in [1.29, 1.82) is 0 Å².